The van der Waals surface area contributed by atoms with Crippen LogP contribution in [0.5, 0.6) is 0 Å². The molecule has 2 aromatic rings. The van der Waals surface area contributed by atoms with Gasteiger partial charge in [-0.2, -0.15) is 0 Å². The summed E-state index contributed by atoms with van der Waals surface area (Å²) in [5.74, 6) is -0.532. The fourth-order valence-corrected chi connectivity index (χ4v) is 2.88. The molecule has 1 aliphatic rings. The SMILES string of the molecule is COC(=O)c1ccccc1-c1ccc(C(=O)NCC2CNCCO2)cc1.Cl. The Morgan fingerprint density at radius 3 is 2.59 bits per heavy atom. The van der Waals surface area contributed by atoms with Gasteiger partial charge in [-0.3, -0.25) is 4.79 Å². The van der Waals surface area contributed by atoms with Crippen molar-refractivity contribution in [2.24, 2.45) is 0 Å². The second-order valence-corrected chi connectivity index (χ2v) is 6.02. The molecule has 7 heteroatoms. The Morgan fingerprint density at radius 1 is 1.19 bits per heavy atom. The molecule has 1 aliphatic heterocycles. The number of carbonyl (C=O) groups excluding carboxylic acids is 2. The molecule has 1 fully saturated rings. The second-order valence-electron chi connectivity index (χ2n) is 6.02. The van der Waals surface area contributed by atoms with E-state index in [2.05, 4.69) is 10.6 Å². The fourth-order valence-electron chi connectivity index (χ4n) is 2.88. The van der Waals surface area contributed by atoms with Crippen LogP contribution in [-0.4, -0.2) is 51.3 Å². The summed E-state index contributed by atoms with van der Waals surface area (Å²) in [7, 11) is 1.36. The maximum absolute atomic E-state index is 12.3. The molecule has 0 bridgehead atoms. The summed E-state index contributed by atoms with van der Waals surface area (Å²) >= 11 is 0. The van der Waals surface area contributed by atoms with Crippen LogP contribution in [0.15, 0.2) is 48.5 Å². The van der Waals surface area contributed by atoms with Crippen LogP contribution in [-0.2, 0) is 9.47 Å². The lowest BCUT2D eigenvalue weighted by molar-refractivity contribution is 0.0287. The number of morpholine rings is 1. The van der Waals surface area contributed by atoms with Gasteiger partial charge in [-0.25, -0.2) is 4.79 Å². The third kappa shape index (κ3) is 5.29. The molecule has 0 radical (unpaired) electrons. The van der Waals surface area contributed by atoms with Crippen molar-refractivity contribution in [3.8, 4) is 11.1 Å². The van der Waals surface area contributed by atoms with Gasteiger partial charge >= 0.3 is 5.97 Å². The van der Waals surface area contributed by atoms with Gasteiger partial charge in [0.15, 0.2) is 0 Å². The van der Waals surface area contributed by atoms with Gasteiger partial charge in [-0.1, -0.05) is 30.3 Å². The maximum Gasteiger partial charge on any atom is 0.338 e. The first-order valence-electron chi connectivity index (χ1n) is 8.57. The summed E-state index contributed by atoms with van der Waals surface area (Å²) in [4.78, 5) is 24.2. The predicted molar refractivity (Wildman–Crippen MR) is 105 cm³/mol. The molecular formula is C20H23ClN2O4. The van der Waals surface area contributed by atoms with Crippen LogP contribution in [0.4, 0.5) is 0 Å². The van der Waals surface area contributed by atoms with Gasteiger partial charge in [0, 0.05) is 25.2 Å². The summed E-state index contributed by atoms with van der Waals surface area (Å²) in [6.07, 6.45) is -0.00101. The topological polar surface area (TPSA) is 76.7 Å². The molecule has 27 heavy (non-hydrogen) atoms. The van der Waals surface area contributed by atoms with Gasteiger partial charge < -0.3 is 20.1 Å². The van der Waals surface area contributed by atoms with Crippen LogP contribution in [0.1, 0.15) is 20.7 Å². The van der Waals surface area contributed by atoms with E-state index >= 15 is 0 Å². The normalized spacial score (nSPS) is 16.1. The average molecular weight is 391 g/mol. The van der Waals surface area contributed by atoms with Crippen molar-refractivity contribution in [1.29, 1.82) is 0 Å². The lowest BCUT2D eigenvalue weighted by atomic mass is 9.98. The molecule has 6 nitrogen and oxygen atoms in total. The first-order chi connectivity index (χ1) is 12.7. The first-order valence-corrected chi connectivity index (χ1v) is 8.57. The maximum atomic E-state index is 12.3. The fraction of sp³-hybridized carbons (Fsp3) is 0.300. The molecule has 0 aliphatic carbocycles. The Morgan fingerprint density at radius 2 is 1.93 bits per heavy atom. The van der Waals surface area contributed by atoms with Crippen LogP contribution in [0.25, 0.3) is 11.1 Å². The Labute approximate surface area is 164 Å². The summed E-state index contributed by atoms with van der Waals surface area (Å²) < 4.78 is 10.4. The van der Waals surface area contributed by atoms with E-state index in [4.69, 9.17) is 9.47 Å². The number of carbonyl (C=O) groups is 2. The number of hydrogen-bond acceptors (Lipinski definition) is 5. The van der Waals surface area contributed by atoms with Gasteiger partial charge in [0.1, 0.15) is 0 Å². The summed E-state index contributed by atoms with van der Waals surface area (Å²) in [5, 5.41) is 6.12. The second kappa shape index (κ2) is 10.1. The standard InChI is InChI=1S/C20H22N2O4.ClH/c1-25-20(24)18-5-3-2-4-17(18)14-6-8-15(9-7-14)19(23)22-13-16-12-21-10-11-26-16;/h2-9,16,21H,10-13H2,1H3,(H,22,23);1H. The predicted octanol–water partition coefficient (Wildman–Crippen LogP) is 2.28. The molecule has 1 heterocycles. The lowest BCUT2D eigenvalue weighted by Gasteiger charge is -2.23. The molecule has 1 unspecified atom stereocenters. The van der Waals surface area contributed by atoms with Gasteiger partial charge in [0.05, 0.1) is 25.4 Å². The van der Waals surface area contributed by atoms with Gasteiger partial charge in [-0.05, 0) is 29.3 Å². The summed E-state index contributed by atoms with van der Waals surface area (Å²) in [6, 6.07) is 14.4. The van der Waals surface area contributed by atoms with Crippen LogP contribution in [0.3, 0.4) is 0 Å². The van der Waals surface area contributed by atoms with Crippen molar-refractivity contribution in [2.75, 3.05) is 33.4 Å². The van der Waals surface area contributed by atoms with Crippen molar-refractivity contribution >= 4 is 24.3 Å². The highest BCUT2D eigenvalue weighted by molar-refractivity contribution is 5.98. The van der Waals surface area contributed by atoms with Gasteiger partial charge in [0.25, 0.3) is 5.91 Å². The molecule has 1 saturated heterocycles. The van der Waals surface area contributed by atoms with Gasteiger partial charge in [-0.15, -0.1) is 12.4 Å². The zero-order valence-corrected chi connectivity index (χ0v) is 15.9. The number of benzene rings is 2. The smallest absolute Gasteiger partial charge is 0.338 e. The largest absolute Gasteiger partial charge is 0.465 e. The van der Waals surface area contributed by atoms with E-state index in [1.54, 1.807) is 24.3 Å². The third-order valence-corrected chi connectivity index (χ3v) is 4.29. The highest BCUT2D eigenvalue weighted by Gasteiger charge is 2.16. The van der Waals surface area contributed by atoms with E-state index in [-0.39, 0.29) is 30.4 Å². The molecule has 2 N–H and O–H groups in total. The third-order valence-electron chi connectivity index (χ3n) is 4.29. The molecule has 0 spiro atoms. The minimum atomic E-state index is -0.386. The molecular weight excluding hydrogens is 368 g/mol. The van der Waals surface area contributed by atoms with E-state index in [0.29, 0.717) is 24.3 Å². The van der Waals surface area contributed by atoms with E-state index < -0.39 is 0 Å². The highest BCUT2D eigenvalue weighted by Crippen LogP contribution is 2.24. The Kier molecular flexibility index (Phi) is 7.79. The van der Waals surface area contributed by atoms with Crippen molar-refractivity contribution in [2.45, 2.75) is 6.10 Å². The molecule has 1 atom stereocenters. The summed E-state index contributed by atoms with van der Waals surface area (Å²) in [5.41, 5.74) is 2.68. The minimum Gasteiger partial charge on any atom is -0.465 e. The zero-order valence-electron chi connectivity index (χ0n) is 15.1. The number of hydrogen-bond donors (Lipinski definition) is 2. The molecule has 0 aromatic heterocycles. The Balaban J connectivity index is 0.00000261. The Hall–Kier alpha value is -2.41. The number of nitrogens with one attached hydrogen (secondary N) is 2. The zero-order chi connectivity index (χ0) is 18.4. The van der Waals surface area contributed by atoms with E-state index in [0.717, 1.165) is 24.2 Å². The van der Waals surface area contributed by atoms with Crippen molar-refractivity contribution in [3.63, 3.8) is 0 Å². The van der Waals surface area contributed by atoms with Crippen LogP contribution < -0.4 is 10.6 Å². The quantitative estimate of drug-likeness (QED) is 0.766. The molecule has 3 rings (SSSR count). The molecule has 2 aromatic carbocycles. The van der Waals surface area contributed by atoms with E-state index in [1.165, 1.54) is 7.11 Å². The average Bonchev–Trinajstić information content (AvgIpc) is 2.72. The Bertz CT molecular complexity index is 774. The number of amides is 1. The van der Waals surface area contributed by atoms with Crippen molar-refractivity contribution < 1.29 is 19.1 Å². The molecule has 0 saturated carbocycles. The summed E-state index contributed by atoms with van der Waals surface area (Å²) in [6.45, 7) is 2.72. The van der Waals surface area contributed by atoms with Crippen LogP contribution in [0, 0.1) is 0 Å². The van der Waals surface area contributed by atoms with Crippen LogP contribution >= 0.6 is 12.4 Å². The van der Waals surface area contributed by atoms with E-state index in [1.807, 2.05) is 24.3 Å². The highest BCUT2D eigenvalue weighted by atomic mass is 35.5. The molecule has 1 amide bonds. The number of ether oxygens (including phenoxy) is 2. The van der Waals surface area contributed by atoms with Gasteiger partial charge in [0.2, 0.25) is 0 Å². The van der Waals surface area contributed by atoms with Crippen LogP contribution in [0.2, 0.25) is 0 Å². The number of esters is 1. The minimum absolute atomic E-state index is 0. The monoisotopic (exact) mass is 390 g/mol. The first kappa shape index (κ1) is 20.9. The number of rotatable bonds is 5. The molecule has 144 valence electrons. The van der Waals surface area contributed by atoms with Crippen molar-refractivity contribution in [3.05, 3.63) is 59.7 Å². The van der Waals surface area contributed by atoms with E-state index in [9.17, 15) is 9.59 Å². The van der Waals surface area contributed by atoms with Crippen molar-refractivity contribution in [1.82, 2.24) is 10.6 Å². The number of halogens is 1. The number of methoxy groups -OCH3 is 1. The lowest BCUT2D eigenvalue weighted by Crippen LogP contribution is -2.45.